The average Bonchev–Trinajstić information content (AvgIpc) is 2.48. The van der Waals surface area contributed by atoms with Gasteiger partial charge in [0, 0.05) is 5.69 Å². The molecule has 0 spiro atoms. The van der Waals surface area contributed by atoms with E-state index in [9.17, 15) is 13.2 Å². The molecule has 2 aromatic rings. The Bertz CT molecular complexity index is 767. The van der Waals surface area contributed by atoms with Crippen LogP contribution in [0, 0.1) is 0 Å². The number of aliphatic carboxylic acids is 1. The van der Waals surface area contributed by atoms with Crippen molar-refractivity contribution in [2.24, 2.45) is 0 Å². The third kappa shape index (κ3) is 3.85. The summed E-state index contributed by atoms with van der Waals surface area (Å²) in [6.45, 7) is 1.90. The van der Waals surface area contributed by atoms with Crippen LogP contribution in [-0.2, 0) is 27.7 Å². The van der Waals surface area contributed by atoms with E-state index in [1.807, 2.05) is 6.92 Å². The lowest BCUT2D eigenvalue weighted by atomic mass is 10.1. The largest absolute Gasteiger partial charge is 0.481 e. The molecule has 0 aliphatic rings. The first-order chi connectivity index (χ1) is 10.4. The zero-order valence-corrected chi connectivity index (χ0v) is 12.9. The minimum atomic E-state index is -3.66. The maximum absolute atomic E-state index is 12.4. The minimum Gasteiger partial charge on any atom is -0.481 e. The van der Waals surface area contributed by atoms with Gasteiger partial charge in [-0.15, -0.1) is 0 Å². The Morgan fingerprint density at radius 1 is 1.09 bits per heavy atom. The van der Waals surface area contributed by atoms with Crippen molar-refractivity contribution in [3.8, 4) is 0 Å². The summed E-state index contributed by atoms with van der Waals surface area (Å²) in [6.07, 6.45) is 0.528. The highest BCUT2D eigenvalue weighted by Gasteiger charge is 2.17. The minimum absolute atomic E-state index is 0.0916. The molecule has 0 aromatic heterocycles. The van der Waals surface area contributed by atoms with Crippen LogP contribution in [-0.4, -0.2) is 19.5 Å². The van der Waals surface area contributed by atoms with Crippen LogP contribution in [0.1, 0.15) is 18.1 Å². The lowest BCUT2D eigenvalue weighted by molar-refractivity contribution is -0.136. The molecule has 0 fully saturated rings. The lowest BCUT2D eigenvalue weighted by Gasteiger charge is -2.11. The Morgan fingerprint density at radius 3 is 2.32 bits per heavy atom. The molecule has 2 N–H and O–H groups in total. The summed E-state index contributed by atoms with van der Waals surface area (Å²) < 4.78 is 27.4. The number of anilines is 1. The first-order valence-corrected chi connectivity index (χ1v) is 8.32. The van der Waals surface area contributed by atoms with Gasteiger partial charge in [-0.05, 0) is 35.7 Å². The number of sulfonamides is 1. The Labute approximate surface area is 129 Å². The van der Waals surface area contributed by atoms with Gasteiger partial charge in [0.1, 0.15) is 0 Å². The van der Waals surface area contributed by atoms with E-state index >= 15 is 0 Å². The molecule has 2 rings (SSSR count). The van der Waals surface area contributed by atoms with Crippen LogP contribution >= 0.6 is 0 Å². The van der Waals surface area contributed by atoms with Gasteiger partial charge in [0.2, 0.25) is 0 Å². The van der Waals surface area contributed by atoms with E-state index in [1.165, 1.54) is 0 Å². The van der Waals surface area contributed by atoms with E-state index in [2.05, 4.69) is 4.72 Å². The van der Waals surface area contributed by atoms with Crippen molar-refractivity contribution in [1.29, 1.82) is 0 Å². The van der Waals surface area contributed by atoms with E-state index in [-0.39, 0.29) is 11.3 Å². The number of carboxylic acids is 1. The highest BCUT2D eigenvalue weighted by molar-refractivity contribution is 7.92. The van der Waals surface area contributed by atoms with Crippen molar-refractivity contribution < 1.29 is 18.3 Å². The standard InChI is InChI=1S/C16H17NO4S/c1-2-13-5-3-4-6-15(13)22(20,21)17-14-9-7-12(8-10-14)11-16(18)19/h3-10,17H,2,11H2,1H3,(H,18,19). The van der Waals surface area contributed by atoms with Crippen LogP contribution in [0.5, 0.6) is 0 Å². The fourth-order valence-corrected chi connectivity index (χ4v) is 3.51. The number of rotatable bonds is 6. The Balaban J connectivity index is 2.23. The van der Waals surface area contributed by atoms with Crippen molar-refractivity contribution in [3.05, 3.63) is 59.7 Å². The predicted molar refractivity (Wildman–Crippen MR) is 84.4 cm³/mol. The van der Waals surface area contributed by atoms with Crippen molar-refractivity contribution in [2.45, 2.75) is 24.7 Å². The van der Waals surface area contributed by atoms with E-state index in [0.29, 0.717) is 17.7 Å². The second-order valence-electron chi connectivity index (χ2n) is 4.83. The molecule has 0 heterocycles. The third-order valence-electron chi connectivity index (χ3n) is 3.20. The van der Waals surface area contributed by atoms with Gasteiger partial charge in [-0.2, -0.15) is 0 Å². The van der Waals surface area contributed by atoms with Crippen LogP contribution in [0.25, 0.3) is 0 Å². The maximum atomic E-state index is 12.4. The van der Waals surface area contributed by atoms with Gasteiger partial charge in [0.05, 0.1) is 11.3 Å². The lowest BCUT2D eigenvalue weighted by Crippen LogP contribution is -2.14. The molecule has 0 bridgehead atoms. The monoisotopic (exact) mass is 319 g/mol. The number of carbonyl (C=O) groups is 1. The van der Waals surface area contributed by atoms with Gasteiger partial charge in [0.15, 0.2) is 0 Å². The van der Waals surface area contributed by atoms with Crippen LogP contribution in [0.3, 0.4) is 0 Å². The van der Waals surface area contributed by atoms with Gasteiger partial charge >= 0.3 is 5.97 Å². The van der Waals surface area contributed by atoms with E-state index in [0.717, 1.165) is 5.56 Å². The number of aryl methyl sites for hydroxylation is 1. The van der Waals surface area contributed by atoms with Crippen molar-refractivity contribution in [1.82, 2.24) is 0 Å². The van der Waals surface area contributed by atoms with Gasteiger partial charge in [-0.1, -0.05) is 37.3 Å². The smallest absolute Gasteiger partial charge is 0.307 e. The normalized spacial score (nSPS) is 11.1. The number of carboxylic acid groups (broad SMARTS) is 1. The first-order valence-electron chi connectivity index (χ1n) is 6.84. The molecule has 22 heavy (non-hydrogen) atoms. The summed E-state index contributed by atoms with van der Waals surface area (Å²) in [5.41, 5.74) is 1.77. The maximum Gasteiger partial charge on any atom is 0.307 e. The molecule has 0 unspecified atom stereocenters. The van der Waals surface area contributed by atoms with E-state index in [1.54, 1.807) is 48.5 Å². The second kappa shape index (κ2) is 6.62. The number of hydrogen-bond acceptors (Lipinski definition) is 3. The molecule has 0 aliphatic heterocycles. The Kier molecular flexibility index (Phi) is 4.82. The first kappa shape index (κ1) is 16.0. The quantitative estimate of drug-likeness (QED) is 0.857. The number of benzene rings is 2. The molecule has 5 nitrogen and oxygen atoms in total. The molecule has 6 heteroatoms. The summed E-state index contributed by atoms with van der Waals surface area (Å²) in [5.74, 6) is -0.926. The molecule has 0 radical (unpaired) electrons. The predicted octanol–water partition coefficient (Wildman–Crippen LogP) is 2.68. The van der Waals surface area contributed by atoms with E-state index in [4.69, 9.17) is 5.11 Å². The van der Waals surface area contributed by atoms with Gasteiger partial charge in [0.25, 0.3) is 10.0 Å². The van der Waals surface area contributed by atoms with Crippen molar-refractivity contribution >= 4 is 21.7 Å². The van der Waals surface area contributed by atoms with Gasteiger partial charge < -0.3 is 5.11 Å². The van der Waals surface area contributed by atoms with Crippen molar-refractivity contribution in [2.75, 3.05) is 4.72 Å². The average molecular weight is 319 g/mol. The number of nitrogens with one attached hydrogen (secondary N) is 1. The summed E-state index contributed by atoms with van der Waals surface area (Å²) in [5, 5.41) is 8.72. The molecule has 0 saturated heterocycles. The van der Waals surface area contributed by atoms with Crippen molar-refractivity contribution in [3.63, 3.8) is 0 Å². The Morgan fingerprint density at radius 2 is 1.73 bits per heavy atom. The summed E-state index contributed by atoms with van der Waals surface area (Å²) in [4.78, 5) is 10.9. The zero-order valence-electron chi connectivity index (χ0n) is 12.1. The number of hydrogen-bond donors (Lipinski definition) is 2. The molecular formula is C16H17NO4S. The van der Waals surface area contributed by atoms with Crippen LogP contribution < -0.4 is 4.72 Å². The molecule has 0 atom stereocenters. The molecular weight excluding hydrogens is 302 g/mol. The van der Waals surface area contributed by atoms with Gasteiger partial charge in [-0.3, -0.25) is 9.52 Å². The Hall–Kier alpha value is -2.34. The molecule has 116 valence electrons. The van der Waals surface area contributed by atoms with Crippen LogP contribution in [0.15, 0.2) is 53.4 Å². The molecule has 0 amide bonds. The van der Waals surface area contributed by atoms with E-state index < -0.39 is 16.0 Å². The SMILES string of the molecule is CCc1ccccc1S(=O)(=O)Nc1ccc(CC(=O)O)cc1. The zero-order chi connectivity index (χ0) is 16.2. The third-order valence-corrected chi connectivity index (χ3v) is 4.69. The van der Waals surface area contributed by atoms with Crippen LogP contribution in [0.2, 0.25) is 0 Å². The molecule has 0 saturated carbocycles. The molecule has 0 aliphatic carbocycles. The van der Waals surface area contributed by atoms with Crippen LogP contribution in [0.4, 0.5) is 5.69 Å². The fraction of sp³-hybridized carbons (Fsp3) is 0.188. The summed E-state index contributed by atoms with van der Waals surface area (Å²) in [6, 6.07) is 13.1. The van der Waals surface area contributed by atoms with Gasteiger partial charge in [-0.25, -0.2) is 8.42 Å². The highest BCUT2D eigenvalue weighted by atomic mass is 32.2. The summed E-state index contributed by atoms with van der Waals surface area (Å²) >= 11 is 0. The highest BCUT2D eigenvalue weighted by Crippen LogP contribution is 2.20. The molecule has 2 aromatic carbocycles. The summed E-state index contributed by atoms with van der Waals surface area (Å²) in [7, 11) is -3.66. The fourth-order valence-electron chi connectivity index (χ4n) is 2.13. The topological polar surface area (TPSA) is 83.5 Å². The second-order valence-corrected chi connectivity index (χ2v) is 6.49.